The van der Waals surface area contributed by atoms with E-state index < -0.39 is 0 Å². The highest BCUT2D eigenvalue weighted by Crippen LogP contribution is 2.40. The first kappa shape index (κ1) is 18.7. The van der Waals surface area contributed by atoms with E-state index in [9.17, 15) is 4.79 Å². The van der Waals surface area contributed by atoms with Gasteiger partial charge in [-0.05, 0) is 43.7 Å². The molecule has 0 spiro atoms. The molecule has 0 radical (unpaired) electrons. The number of methoxy groups -OCH3 is 1. The summed E-state index contributed by atoms with van der Waals surface area (Å²) in [6.45, 7) is 3.89. The summed E-state index contributed by atoms with van der Waals surface area (Å²) in [6, 6.07) is 13.4. The summed E-state index contributed by atoms with van der Waals surface area (Å²) in [5.41, 5.74) is 4.71. The average molecular weight is 389 g/mol. The Morgan fingerprint density at radius 2 is 1.76 bits per heavy atom. The van der Waals surface area contributed by atoms with Gasteiger partial charge in [0.25, 0.3) is 5.91 Å². The average Bonchev–Trinajstić information content (AvgIpc) is 2.79. The molecule has 0 unspecified atom stereocenters. The Bertz CT molecular complexity index is 1110. The first-order valence-corrected chi connectivity index (χ1v) is 9.32. The number of aryl methyl sites for hydroxylation is 2. The molecule has 1 amide bonds. The van der Waals surface area contributed by atoms with Crippen LogP contribution < -0.4 is 19.9 Å². The fraction of sp³-hybridized carbons (Fsp3) is 0.227. The largest absolute Gasteiger partial charge is 0.495 e. The second-order valence-electron chi connectivity index (χ2n) is 7.07. The van der Waals surface area contributed by atoms with E-state index in [0.717, 1.165) is 16.9 Å². The number of para-hydroxylation sites is 1. The number of nitrogens with one attached hydrogen (secondary N) is 1. The SMILES string of the molecule is COc1cc(C)ccc1Nc1nc(C)c2c(n1)N(C)c1ccccc1C(=O)N2C. The van der Waals surface area contributed by atoms with Crippen LogP contribution in [-0.4, -0.2) is 37.1 Å². The summed E-state index contributed by atoms with van der Waals surface area (Å²) < 4.78 is 5.48. The first-order chi connectivity index (χ1) is 13.9. The van der Waals surface area contributed by atoms with Gasteiger partial charge >= 0.3 is 0 Å². The summed E-state index contributed by atoms with van der Waals surface area (Å²) in [6.07, 6.45) is 0. The Hall–Kier alpha value is -3.61. The Morgan fingerprint density at radius 1 is 1.00 bits per heavy atom. The minimum Gasteiger partial charge on any atom is -0.495 e. The maximum atomic E-state index is 13.0. The quantitative estimate of drug-likeness (QED) is 0.724. The number of aromatic nitrogens is 2. The number of nitrogens with zero attached hydrogens (tertiary/aromatic N) is 4. The number of ether oxygens (including phenoxy) is 1. The molecule has 0 bridgehead atoms. The van der Waals surface area contributed by atoms with Crippen molar-refractivity contribution < 1.29 is 9.53 Å². The van der Waals surface area contributed by atoms with E-state index in [1.54, 1.807) is 19.1 Å². The van der Waals surface area contributed by atoms with Gasteiger partial charge in [0.1, 0.15) is 11.4 Å². The van der Waals surface area contributed by atoms with Gasteiger partial charge in [-0.1, -0.05) is 18.2 Å². The van der Waals surface area contributed by atoms with Gasteiger partial charge in [-0.3, -0.25) is 4.79 Å². The van der Waals surface area contributed by atoms with Gasteiger partial charge in [-0.15, -0.1) is 0 Å². The molecular weight excluding hydrogens is 366 g/mol. The van der Waals surface area contributed by atoms with Gasteiger partial charge < -0.3 is 19.9 Å². The summed E-state index contributed by atoms with van der Waals surface area (Å²) in [7, 11) is 5.30. The third-order valence-corrected chi connectivity index (χ3v) is 5.10. The molecule has 7 heteroatoms. The van der Waals surface area contributed by atoms with Crippen LogP contribution in [0.2, 0.25) is 0 Å². The zero-order valence-corrected chi connectivity index (χ0v) is 17.1. The van der Waals surface area contributed by atoms with Crippen LogP contribution in [0.25, 0.3) is 0 Å². The molecule has 1 aromatic heterocycles. The Kier molecular flexibility index (Phi) is 4.58. The number of carbonyl (C=O) groups is 1. The predicted octanol–water partition coefficient (Wildman–Crippen LogP) is 4.20. The lowest BCUT2D eigenvalue weighted by molar-refractivity contribution is 0.0994. The zero-order chi connectivity index (χ0) is 20.7. The molecular formula is C22H23N5O2. The fourth-order valence-corrected chi connectivity index (χ4v) is 3.60. The minimum absolute atomic E-state index is 0.0844. The highest BCUT2D eigenvalue weighted by atomic mass is 16.5. The Morgan fingerprint density at radius 3 is 2.52 bits per heavy atom. The Labute approximate surface area is 170 Å². The molecule has 2 aromatic carbocycles. The highest BCUT2D eigenvalue weighted by Gasteiger charge is 2.30. The van der Waals surface area contributed by atoms with Crippen LogP contribution in [-0.2, 0) is 0 Å². The van der Waals surface area contributed by atoms with E-state index >= 15 is 0 Å². The lowest BCUT2D eigenvalue weighted by Gasteiger charge is -2.23. The maximum Gasteiger partial charge on any atom is 0.260 e. The van der Waals surface area contributed by atoms with Crippen LogP contribution in [0, 0.1) is 13.8 Å². The van der Waals surface area contributed by atoms with Crippen LogP contribution in [0.5, 0.6) is 5.75 Å². The van der Waals surface area contributed by atoms with Crippen LogP contribution in [0.4, 0.5) is 28.8 Å². The maximum absolute atomic E-state index is 13.0. The van der Waals surface area contributed by atoms with Crippen molar-refractivity contribution in [2.24, 2.45) is 0 Å². The molecule has 29 heavy (non-hydrogen) atoms. The number of carbonyl (C=O) groups excluding carboxylic acids is 1. The summed E-state index contributed by atoms with van der Waals surface area (Å²) in [5.74, 6) is 1.73. The van der Waals surface area contributed by atoms with Gasteiger partial charge in [0.15, 0.2) is 5.82 Å². The van der Waals surface area contributed by atoms with Gasteiger partial charge in [-0.25, -0.2) is 4.98 Å². The molecule has 148 valence electrons. The molecule has 0 fully saturated rings. The summed E-state index contributed by atoms with van der Waals surface area (Å²) in [5, 5.41) is 3.26. The summed E-state index contributed by atoms with van der Waals surface area (Å²) >= 11 is 0. The normalized spacial score (nSPS) is 12.9. The number of anilines is 5. The van der Waals surface area contributed by atoms with Crippen molar-refractivity contribution in [1.82, 2.24) is 9.97 Å². The van der Waals surface area contributed by atoms with E-state index in [1.807, 2.05) is 68.3 Å². The van der Waals surface area contributed by atoms with E-state index in [4.69, 9.17) is 9.72 Å². The van der Waals surface area contributed by atoms with Crippen LogP contribution in [0.1, 0.15) is 21.6 Å². The molecule has 1 N–H and O–H groups in total. The van der Waals surface area contributed by atoms with E-state index in [-0.39, 0.29) is 5.91 Å². The van der Waals surface area contributed by atoms with Gasteiger partial charge in [-0.2, -0.15) is 4.98 Å². The van der Waals surface area contributed by atoms with Crippen LogP contribution >= 0.6 is 0 Å². The molecule has 0 aliphatic carbocycles. The van der Waals surface area contributed by atoms with Crippen molar-refractivity contribution in [3.05, 3.63) is 59.3 Å². The van der Waals surface area contributed by atoms with Crippen molar-refractivity contribution in [2.45, 2.75) is 13.8 Å². The third kappa shape index (κ3) is 3.14. The molecule has 0 saturated carbocycles. The molecule has 3 aromatic rings. The lowest BCUT2D eigenvalue weighted by atomic mass is 10.1. The number of hydrogen-bond acceptors (Lipinski definition) is 6. The third-order valence-electron chi connectivity index (χ3n) is 5.10. The van der Waals surface area contributed by atoms with Crippen LogP contribution in [0.15, 0.2) is 42.5 Å². The van der Waals surface area contributed by atoms with E-state index in [2.05, 4.69) is 10.3 Å². The second-order valence-corrected chi connectivity index (χ2v) is 7.07. The van der Waals surface area contributed by atoms with Gasteiger partial charge in [0.05, 0.1) is 29.7 Å². The topological polar surface area (TPSA) is 70.6 Å². The molecule has 7 nitrogen and oxygen atoms in total. The Balaban J connectivity index is 1.83. The standard InChI is InChI=1S/C22H23N5O2/c1-13-10-11-16(18(12-13)29-5)24-22-23-14(2)19-20(25-22)26(3)17-9-7-6-8-15(17)21(28)27(19)4/h6-12H,1-5H3,(H,23,24,25). The molecule has 1 aliphatic heterocycles. The number of benzene rings is 2. The van der Waals surface area contributed by atoms with Crippen LogP contribution in [0.3, 0.4) is 0 Å². The number of rotatable bonds is 3. The summed E-state index contributed by atoms with van der Waals surface area (Å²) in [4.78, 5) is 25.9. The van der Waals surface area contributed by atoms with Gasteiger partial charge in [0, 0.05) is 14.1 Å². The van der Waals surface area contributed by atoms with E-state index in [0.29, 0.717) is 34.5 Å². The molecule has 0 saturated heterocycles. The van der Waals surface area contributed by atoms with Crippen molar-refractivity contribution in [3.8, 4) is 5.75 Å². The van der Waals surface area contributed by atoms with Gasteiger partial charge in [0.2, 0.25) is 5.95 Å². The molecule has 1 aliphatic rings. The number of fused-ring (bicyclic) bond motifs is 2. The minimum atomic E-state index is -0.0844. The zero-order valence-electron chi connectivity index (χ0n) is 17.1. The number of hydrogen-bond donors (Lipinski definition) is 1. The lowest BCUT2D eigenvalue weighted by Crippen LogP contribution is -2.26. The smallest absolute Gasteiger partial charge is 0.260 e. The molecule has 0 atom stereocenters. The monoisotopic (exact) mass is 389 g/mol. The van der Waals surface area contributed by atoms with Crippen molar-refractivity contribution >= 4 is 34.7 Å². The fourth-order valence-electron chi connectivity index (χ4n) is 3.60. The predicted molar refractivity (Wildman–Crippen MR) is 115 cm³/mol. The number of amides is 1. The molecule has 4 rings (SSSR count). The molecule has 2 heterocycles. The van der Waals surface area contributed by atoms with E-state index in [1.165, 1.54) is 0 Å². The van der Waals surface area contributed by atoms with Crippen molar-refractivity contribution in [2.75, 3.05) is 36.3 Å². The van der Waals surface area contributed by atoms with Crippen molar-refractivity contribution in [3.63, 3.8) is 0 Å². The van der Waals surface area contributed by atoms with Crippen molar-refractivity contribution in [1.29, 1.82) is 0 Å². The second kappa shape index (κ2) is 7.09. The highest BCUT2D eigenvalue weighted by molar-refractivity contribution is 6.13. The first-order valence-electron chi connectivity index (χ1n) is 9.32.